The smallest absolute Gasteiger partial charge is 0.509 e. The van der Waals surface area contributed by atoms with Crippen LogP contribution in [0.1, 0.15) is 52.7 Å². The van der Waals surface area contributed by atoms with Crippen LogP contribution in [-0.2, 0) is 31.9 Å². The van der Waals surface area contributed by atoms with E-state index >= 15 is 0 Å². The Bertz CT molecular complexity index is 3230. The maximum absolute atomic E-state index is 6.64. The van der Waals surface area contributed by atoms with Crippen LogP contribution >= 0.6 is 0 Å². The van der Waals surface area contributed by atoms with E-state index in [1.807, 2.05) is 24.4 Å². The van der Waals surface area contributed by atoms with E-state index in [2.05, 4.69) is 219 Å². The molecule has 0 saturated heterocycles. The molecule has 7 aromatic carbocycles. The summed E-state index contributed by atoms with van der Waals surface area (Å²) in [6.07, 6.45) is 1.90. The van der Waals surface area contributed by atoms with Gasteiger partial charge in [0.25, 0.3) is 5.69 Å². The predicted molar refractivity (Wildman–Crippen MR) is 252 cm³/mol. The zero-order chi connectivity index (χ0) is 41.9. The number of aromatic nitrogens is 2. The maximum atomic E-state index is 6.64. The Hall–Kier alpha value is -6.64. The zero-order valence-corrected chi connectivity index (χ0v) is 38.0. The minimum atomic E-state index is -0.0253. The van der Waals surface area contributed by atoms with Crippen LogP contribution in [-0.4, -0.2) is 15.6 Å². The second kappa shape index (κ2) is 16.0. The van der Waals surface area contributed by atoms with Crippen molar-refractivity contribution in [2.24, 2.45) is 0 Å². The summed E-state index contributed by atoms with van der Waals surface area (Å²) >= 11 is 0. The summed E-state index contributed by atoms with van der Waals surface area (Å²) < 4.78 is 13.1. The van der Waals surface area contributed by atoms with Crippen molar-refractivity contribution in [3.05, 3.63) is 193 Å². The van der Waals surface area contributed by atoms with Gasteiger partial charge in [0.2, 0.25) is 5.69 Å². The molecule has 304 valence electrons. The number of fused-ring (bicyclic) bond motifs is 4. The van der Waals surface area contributed by atoms with Crippen molar-refractivity contribution in [1.82, 2.24) is 18.7 Å². The Balaban J connectivity index is 0.00000490. The molecule has 1 aliphatic rings. The van der Waals surface area contributed by atoms with E-state index < -0.39 is 0 Å². The molecule has 3 heterocycles. The van der Waals surface area contributed by atoms with Crippen LogP contribution in [0, 0.1) is 12.1 Å². The standard InChI is InChI=1S/C56H46N4O.Pt/c1-55(2,3)41-20-13-21-43(33-41)59-37-58(51-27-15-25-47(54(51)59)40-19-12-18-39(32-40)38-16-8-7-9-17-38)44-22-14-23-45(35-44)61-46-28-29-49-48-24-10-11-26-50(48)60(52(49)36-46)53-34-42(30-31-57-53)56(4,5)6;/h7-34H,1-6H3;/q;+2. The summed E-state index contributed by atoms with van der Waals surface area (Å²) in [6.45, 7) is 13.4. The molecule has 0 spiro atoms. The van der Waals surface area contributed by atoms with Crippen molar-refractivity contribution in [1.29, 1.82) is 0 Å². The van der Waals surface area contributed by atoms with E-state index in [0.717, 1.165) is 61.5 Å². The molecule has 0 saturated carbocycles. The van der Waals surface area contributed by atoms with Gasteiger partial charge in [-0.25, -0.2) is 4.98 Å². The van der Waals surface area contributed by atoms with Gasteiger partial charge in [0, 0.05) is 41.4 Å². The van der Waals surface area contributed by atoms with Crippen LogP contribution in [0.25, 0.3) is 49.9 Å². The Labute approximate surface area is 378 Å². The summed E-state index contributed by atoms with van der Waals surface area (Å²) in [4.78, 5) is 4.85. The number of para-hydroxylation sites is 2. The molecule has 5 nitrogen and oxygen atoms in total. The Morgan fingerprint density at radius 1 is 0.565 bits per heavy atom. The molecule has 0 amide bonds. The molecule has 1 aliphatic heterocycles. The van der Waals surface area contributed by atoms with Crippen molar-refractivity contribution in [3.63, 3.8) is 0 Å². The molecule has 0 N–H and O–H groups in total. The van der Waals surface area contributed by atoms with Gasteiger partial charge in [-0.3, -0.25) is 0 Å². The van der Waals surface area contributed by atoms with Crippen LogP contribution in [0.4, 0.5) is 22.7 Å². The van der Waals surface area contributed by atoms with Crippen LogP contribution < -0.4 is 13.9 Å². The zero-order valence-electron chi connectivity index (χ0n) is 35.7. The summed E-state index contributed by atoms with van der Waals surface area (Å²) in [5.74, 6) is 2.02. The quantitative estimate of drug-likeness (QED) is 0.118. The number of hydrogen-bond donors (Lipinski definition) is 0. The van der Waals surface area contributed by atoms with Gasteiger partial charge in [0.15, 0.2) is 0 Å². The second-order valence-electron chi connectivity index (χ2n) is 17.8. The van der Waals surface area contributed by atoms with E-state index in [1.165, 1.54) is 22.3 Å². The molecule has 62 heavy (non-hydrogen) atoms. The number of nitrogens with zero attached hydrogens (tertiary/aromatic N) is 4. The summed E-state index contributed by atoms with van der Waals surface area (Å²) in [5, 5.41) is 2.22. The van der Waals surface area contributed by atoms with Crippen LogP contribution in [0.2, 0.25) is 0 Å². The van der Waals surface area contributed by atoms with Crippen molar-refractivity contribution in [2.75, 3.05) is 0 Å². The molecular weight excluding hydrogens is 940 g/mol. The second-order valence-corrected chi connectivity index (χ2v) is 17.8. The average molecular weight is 986 g/mol. The largest absolute Gasteiger partial charge is 2.00 e. The first-order chi connectivity index (χ1) is 29.5. The SMILES string of the molecule is CC(C)(C)c1cccc([N+]2=C=[N+](c3[c-]c(Oc4[c-]c5c(cc4)c4ccccc4n5-c4cc(C(C)(C)C)ccn4)ccc3)c3cccc(-c4cccc(-c5ccccc5)c4)c32)c1.[Pt+2]. The number of rotatable bonds is 7. The van der Waals surface area contributed by atoms with Gasteiger partial charge in [0.1, 0.15) is 11.5 Å². The minimum Gasteiger partial charge on any atom is -0.509 e. The van der Waals surface area contributed by atoms with Gasteiger partial charge in [-0.1, -0.05) is 149 Å². The van der Waals surface area contributed by atoms with Gasteiger partial charge in [-0.05, 0) is 78.9 Å². The van der Waals surface area contributed by atoms with Gasteiger partial charge >= 0.3 is 32.8 Å². The molecular formula is C56H46N4OPt+2. The fourth-order valence-corrected chi connectivity index (χ4v) is 8.29. The third-order valence-corrected chi connectivity index (χ3v) is 11.5. The van der Waals surface area contributed by atoms with Crippen molar-refractivity contribution >= 4 is 50.6 Å². The number of pyridine rings is 1. The normalized spacial score (nSPS) is 12.5. The number of hydrogen-bond acceptors (Lipinski definition) is 2. The predicted octanol–water partition coefficient (Wildman–Crippen LogP) is 14.4. The summed E-state index contributed by atoms with van der Waals surface area (Å²) in [6, 6.07) is 68.4. The third kappa shape index (κ3) is 7.53. The first-order valence-electron chi connectivity index (χ1n) is 20.9. The van der Waals surface area contributed by atoms with Crippen LogP contribution in [0.3, 0.4) is 0 Å². The van der Waals surface area contributed by atoms with E-state index in [9.17, 15) is 0 Å². The van der Waals surface area contributed by atoms with Gasteiger partial charge in [-0.15, -0.1) is 23.6 Å². The minimum absolute atomic E-state index is 0. The summed E-state index contributed by atoms with van der Waals surface area (Å²) in [5.41, 5.74) is 12.9. The van der Waals surface area contributed by atoms with Gasteiger partial charge < -0.3 is 9.30 Å². The number of ether oxygens (including phenoxy) is 1. The molecule has 0 unspecified atom stereocenters. The van der Waals surface area contributed by atoms with E-state index in [-0.39, 0.29) is 31.9 Å². The molecule has 2 aromatic heterocycles. The van der Waals surface area contributed by atoms with Crippen molar-refractivity contribution in [2.45, 2.75) is 52.4 Å². The fraction of sp³-hybridized carbons (Fsp3) is 0.143. The van der Waals surface area contributed by atoms with Crippen molar-refractivity contribution in [3.8, 4) is 39.6 Å². The van der Waals surface area contributed by atoms with Crippen LogP contribution in [0.5, 0.6) is 11.5 Å². The van der Waals surface area contributed by atoms with Crippen LogP contribution in [0.15, 0.2) is 170 Å². The summed E-state index contributed by atoms with van der Waals surface area (Å²) in [7, 11) is 0. The molecule has 0 aliphatic carbocycles. The third-order valence-electron chi connectivity index (χ3n) is 11.5. The van der Waals surface area contributed by atoms with E-state index in [0.29, 0.717) is 11.5 Å². The maximum Gasteiger partial charge on any atom is 2.00 e. The first kappa shape index (κ1) is 40.7. The van der Waals surface area contributed by atoms with E-state index in [1.54, 1.807) is 0 Å². The van der Waals surface area contributed by atoms with Gasteiger partial charge in [0.05, 0.1) is 5.56 Å². The molecule has 0 bridgehead atoms. The molecule has 10 rings (SSSR count). The first-order valence-corrected chi connectivity index (χ1v) is 20.9. The molecule has 0 atom stereocenters. The molecule has 0 fully saturated rings. The topological polar surface area (TPSA) is 33.1 Å². The number of benzene rings is 7. The van der Waals surface area contributed by atoms with Gasteiger partial charge in [-0.2, -0.15) is 12.1 Å². The Morgan fingerprint density at radius 3 is 2.08 bits per heavy atom. The molecule has 6 heteroatoms. The fourth-order valence-electron chi connectivity index (χ4n) is 8.29. The monoisotopic (exact) mass is 985 g/mol. The molecule has 0 radical (unpaired) electrons. The van der Waals surface area contributed by atoms with Crippen molar-refractivity contribution < 1.29 is 25.8 Å². The Kier molecular flexibility index (Phi) is 10.5. The molecule has 9 aromatic rings. The van der Waals surface area contributed by atoms with E-state index in [4.69, 9.17) is 9.72 Å². The average Bonchev–Trinajstić information content (AvgIpc) is 3.83. The Morgan fingerprint density at radius 2 is 1.26 bits per heavy atom.